The van der Waals surface area contributed by atoms with Gasteiger partial charge in [0.15, 0.2) is 0 Å². The van der Waals surface area contributed by atoms with Gasteiger partial charge in [-0.15, -0.1) is 0 Å². The molecule has 0 radical (unpaired) electrons. The van der Waals surface area contributed by atoms with Crippen molar-refractivity contribution in [3.63, 3.8) is 0 Å². The first kappa shape index (κ1) is 40.0. The molecule has 0 aromatic carbocycles. The van der Waals surface area contributed by atoms with Crippen LogP contribution in [0.25, 0.3) is 0 Å². The fourth-order valence-corrected chi connectivity index (χ4v) is 23.3. The Bertz CT molecular complexity index is 364. The van der Waals surface area contributed by atoms with Crippen LogP contribution in [0.15, 0.2) is 0 Å². The molecule has 0 aromatic heterocycles. The van der Waals surface area contributed by atoms with E-state index in [9.17, 15) is 0 Å². The third-order valence-electron chi connectivity index (χ3n) is 8.56. The zero-order chi connectivity index (χ0) is 27.9. The minimum atomic E-state index is -1.55. The van der Waals surface area contributed by atoms with Crippen LogP contribution < -0.4 is 0 Å². The topological polar surface area (TPSA) is 0 Å². The molecule has 0 saturated carbocycles. The number of unbranched alkanes of at least 4 members (excludes halogenated alkanes) is 8. The van der Waals surface area contributed by atoms with Crippen LogP contribution in [-0.2, 0) is 0 Å². The predicted molar refractivity (Wildman–Crippen MR) is 190 cm³/mol. The van der Waals surface area contributed by atoms with Gasteiger partial charge in [-0.3, -0.25) is 0 Å². The molecule has 0 aliphatic rings. The van der Waals surface area contributed by atoms with Gasteiger partial charge in [-0.25, -0.2) is 0 Å². The zero-order valence-electron chi connectivity index (χ0n) is 26.6. The second kappa shape index (κ2) is 22.5. The van der Waals surface area contributed by atoms with Crippen molar-refractivity contribution in [3.8, 4) is 0 Å². The van der Waals surface area contributed by atoms with E-state index in [1.54, 1.807) is 0 Å². The van der Waals surface area contributed by atoms with Crippen LogP contribution in [-0.4, -0.2) is 49.3 Å². The normalized spacial score (nSPS) is 14.4. The summed E-state index contributed by atoms with van der Waals surface area (Å²) in [7, 11) is 0. The minimum absolute atomic E-state index is 1.36. The van der Waals surface area contributed by atoms with E-state index in [1.165, 1.54) is 152 Å². The summed E-state index contributed by atoms with van der Waals surface area (Å²) in [5.41, 5.74) is 0. The zero-order valence-corrected chi connectivity index (χ0v) is 31.6. The Hall–Kier alpha value is 1.82. The molecular formula is C32H72Br2P2. The molecule has 0 aliphatic heterocycles. The maximum absolute atomic E-state index is 4.43. The Labute approximate surface area is 247 Å². The van der Waals surface area contributed by atoms with Crippen LogP contribution in [0.4, 0.5) is 0 Å². The maximum atomic E-state index is 4.43. The van der Waals surface area contributed by atoms with E-state index < -0.39 is 10.6 Å². The fraction of sp³-hybridized carbons (Fsp3) is 1.00. The first-order chi connectivity index (χ1) is 17.1. The van der Waals surface area contributed by atoms with Gasteiger partial charge in [-0.05, 0) is 0 Å². The van der Waals surface area contributed by atoms with E-state index in [4.69, 9.17) is 0 Å². The van der Waals surface area contributed by atoms with Gasteiger partial charge in [-0.1, -0.05) is 0 Å². The molecule has 0 N–H and O–H groups in total. The van der Waals surface area contributed by atoms with Crippen LogP contribution in [0.5, 0.6) is 0 Å². The van der Waals surface area contributed by atoms with E-state index in [0.717, 1.165) is 0 Å². The molecule has 0 unspecified atom stereocenters. The molecule has 0 nitrogen and oxygen atoms in total. The van der Waals surface area contributed by atoms with Crippen molar-refractivity contribution in [2.24, 2.45) is 0 Å². The fourth-order valence-electron chi connectivity index (χ4n) is 5.77. The molecule has 0 bridgehead atoms. The van der Waals surface area contributed by atoms with Crippen LogP contribution in [0.1, 0.15) is 158 Å². The number of halogens is 2. The van der Waals surface area contributed by atoms with Gasteiger partial charge in [0.05, 0.1) is 0 Å². The van der Waals surface area contributed by atoms with Crippen molar-refractivity contribution in [3.05, 3.63) is 0 Å². The third-order valence-corrected chi connectivity index (χ3v) is 28.5. The van der Waals surface area contributed by atoms with Crippen LogP contribution in [0, 0.1) is 0 Å². The molecule has 0 heterocycles. The molecule has 224 valence electrons. The van der Waals surface area contributed by atoms with Crippen LogP contribution in [0.2, 0.25) is 0 Å². The summed E-state index contributed by atoms with van der Waals surface area (Å²) in [4.78, 5) is 0. The standard InChI is InChI=1S/2C16H36BrP/c2*1-5-9-13-18(17,14-10-6-2,15-11-7-3)16-12-8-4/h2*5-16H2,1-4H3. The SMILES string of the molecule is CCCCP(Br)(CCCC)(CCCC)CCCC.CCCCP(Br)(CCCC)(CCCC)CCCC. The number of hydrogen-bond acceptors (Lipinski definition) is 0. The van der Waals surface area contributed by atoms with E-state index in [0.29, 0.717) is 0 Å². The molecule has 0 amide bonds. The molecule has 36 heavy (non-hydrogen) atoms. The van der Waals surface area contributed by atoms with Crippen molar-refractivity contribution >= 4 is 41.6 Å². The molecule has 0 fully saturated rings. The monoisotopic (exact) mass is 676 g/mol. The average Bonchev–Trinajstić information content (AvgIpc) is 2.90. The Balaban J connectivity index is 0. The summed E-state index contributed by atoms with van der Waals surface area (Å²) in [6.45, 7) is 18.7. The summed E-state index contributed by atoms with van der Waals surface area (Å²) >= 11 is 8.86. The van der Waals surface area contributed by atoms with Gasteiger partial charge >= 0.3 is 249 Å². The van der Waals surface area contributed by atoms with Crippen LogP contribution in [0.3, 0.4) is 0 Å². The van der Waals surface area contributed by atoms with Gasteiger partial charge in [0.1, 0.15) is 0 Å². The van der Waals surface area contributed by atoms with Crippen molar-refractivity contribution in [2.45, 2.75) is 158 Å². The number of hydrogen-bond donors (Lipinski definition) is 0. The summed E-state index contributed by atoms with van der Waals surface area (Å²) in [6, 6.07) is 0. The summed E-state index contributed by atoms with van der Waals surface area (Å²) in [5.74, 6) is 0. The molecule has 0 saturated heterocycles. The average molecular weight is 679 g/mol. The van der Waals surface area contributed by atoms with Crippen molar-refractivity contribution in [2.75, 3.05) is 49.3 Å². The molecule has 0 aromatic rings. The van der Waals surface area contributed by atoms with E-state index in [-0.39, 0.29) is 0 Å². The van der Waals surface area contributed by atoms with Crippen molar-refractivity contribution < 1.29 is 0 Å². The Morgan fingerprint density at radius 1 is 0.278 bits per heavy atom. The molecule has 0 atom stereocenters. The van der Waals surface area contributed by atoms with Crippen molar-refractivity contribution in [1.29, 1.82) is 0 Å². The summed E-state index contributed by atoms with van der Waals surface area (Å²) < 4.78 is 0. The van der Waals surface area contributed by atoms with Crippen LogP contribution >= 0.6 is 41.6 Å². The predicted octanol–water partition coefficient (Wildman–Crippen LogP) is 14.1. The van der Waals surface area contributed by atoms with Crippen molar-refractivity contribution in [1.82, 2.24) is 0 Å². The van der Waals surface area contributed by atoms with Gasteiger partial charge in [0, 0.05) is 0 Å². The first-order valence-corrected chi connectivity index (χ1v) is 26.5. The Morgan fingerprint density at radius 2 is 0.389 bits per heavy atom. The quantitative estimate of drug-likeness (QED) is 0.0892. The Kier molecular flexibility index (Phi) is 25.0. The molecule has 0 spiro atoms. The van der Waals surface area contributed by atoms with Gasteiger partial charge in [0.2, 0.25) is 0 Å². The molecule has 0 aliphatic carbocycles. The third kappa shape index (κ3) is 17.5. The first-order valence-electron chi connectivity index (χ1n) is 16.5. The second-order valence-electron chi connectivity index (χ2n) is 12.3. The molecular weight excluding hydrogens is 606 g/mol. The Morgan fingerprint density at radius 3 is 0.472 bits per heavy atom. The summed E-state index contributed by atoms with van der Waals surface area (Å²) in [5, 5.41) is -3.10. The molecule has 0 rings (SSSR count). The van der Waals surface area contributed by atoms with Gasteiger partial charge < -0.3 is 0 Å². The molecule has 4 heteroatoms. The van der Waals surface area contributed by atoms with E-state index >= 15 is 0 Å². The van der Waals surface area contributed by atoms with Gasteiger partial charge in [-0.2, -0.15) is 0 Å². The van der Waals surface area contributed by atoms with E-state index in [2.05, 4.69) is 86.4 Å². The summed E-state index contributed by atoms with van der Waals surface area (Å²) in [6.07, 6.45) is 34.3. The second-order valence-corrected chi connectivity index (χ2v) is 35.2. The van der Waals surface area contributed by atoms with Gasteiger partial charge in [0.25, 0.3) is 0 Å². The number of rotatable bonds is 24. The van der Waals surface area contributed by atoms with E-state index in [1.807, 2.05) is 0 Å².